The number of para-hydroxylation sites is 4. The zero-order valence-electron chi connectivity index (χ0n) is 35.3. The van der Waals surface area contributed by atoms with Gasteiger partial charge in [0.1, 0.15) is 11.2 Å². The van der Waals surface area contributed by atoms with Crippen molar-refractivity contribution in [1.29, 1.82) is 0 Å². The Kier molecular flexibility index (Phi) is 6.39. The van der Waals surface area contributed by atoms with Gasteiger partial charge in [-0.15, -0.1) is 0 Å². The first-order valence-electron chi connectivity index (χ1n) is 21.6. The van der Waals surface area contributed by atoms with Crippen LogP contribution >= 0.6 is 0 Å². The second-order valence-corrected chi connectivity index (χ2v) is 18.7. The maximum absolute atomic E-state index is 9.74. The molecule has 12 aromatic rings. The molecule has 3 nitrogen and oxygen atoms in total. The predicted octanol–water partition coefficient (Wildman–Crippen LogP) is 11.2. The van der Waals surface area contributed by atoms with Gasteiger partial charge >= 0.3 is 0 Å². The molecular weight excluding hydrogens is 721 g/mol. The molecule has 0 amide bonds. The van der Waals surface area contributed by atoms with Gasteiger partial charge in [-0.2, -0.15) is 0 Å². The Labute approximate surface area is 341 Å². The summed E-state index contributed by atoms with van der Waals surface area (Å²) >= 11 is 0. The summed E-state index contributed by atoms with van der Waals surface area (Å²) in [6.45, 7) is 0. The van der Waals surface area contributed by atoms with Crippen molar-refractivity contribution in [2.24, 2.45) is 0 Å². The van der Waals surface area contributed by atoms with Gasteiger partial charge in [-0.3, -0.25) is 0 Å². The smallest absolute Gasteiger partial charge is 0.179 e. The van der Waals surface area contributed by atoms with Crippen molar-refractivity contribution in [1.82, 2.24) is 9.13 Å². The van der Waals surface area contributed by atoms with Crippen LogP contribution in [0.2, 0.25) is 0 Å². The first-order valence-corrected chi connectivity index (χ1v) is 21.6. The lowest BCUT2D eigenvalue weighted by molar-refractivity contribution is 0.669. The summed E-state index contributed by atoms with van der Waals surface area (Å²) in [7, 11) is -3.01. The Bertz CT molecular complexity index is 3600. The average molecular weight is 761 g/mol. The van der Waals surface area contributed by atoms with E-state index in [1.165, 1.54) is 15.6 Å². The number of fused-ring (bicyclic) bond motifs is 10. The van der Waals surface area contributed by atoms with Gasteiger partial charge in [-0.25, -0.2) is 0 Å². The van der Waals surface area contributed by atoms with Crippen molar-refractivity contribution >= 4 is 94.4 Å². The quantitative estimate of drug-likeness (QED) is 0.122. The van der Waals surface area contributed by atoms with E-state index in [9.17, 15) is 2.74 Å². The Hall–Kier alpha value is -7.40. The zero-order chi connectivity index (χ0) is 41.7. The van der Waals surface area contributed by atoms with Gasteiger partial charge in [0, 0.05) is 38.7 Å². The van der Waals surface area contributed by atoms with Crippen LogP contribution in [0.4, 0.5) is 0 Å². The molecule has 12 rings (SSSR count). The SMILES string of the molecule is [2H]c1c([2H])c([2H])c2c(c1[2H])c1c(-n3c4ccccc4c4ccccc43)cc3oc4ccccc4c3c1n2-c1cccc([Si](c2ccccc2)(c2ccccc2)c2ccccc2)c1. The predicted molar refractivity (Wildman–Crippen MR) is 246 cm³/mol. The van der Waals surface area contributed by atoms with Crippen LogP contribution in [0.25, 0.3) is 76.9 Å². The number of rotatable bonds is 6. The molecule has 0 saturated heterocycles. The van der Waals surface area contributed by atoms with E-state index >= 15 is 0 Å². The molecule has 58 heavy (non-hydrogen) atoms. The van der Waals surface area contributed by atoms with Crippen molar-refractivity contribution in [3.05, 3.63) is 218 Å². The highest BCUT2D eigenvalue weighted by atomic mass is 28.3. The second kappa shape index (κ2) is 12.8. The lowest BCUT2D eigenvalue weighted by atomic mass is 10.1. The van der Waals surface area contributed by atoms with Crippen LogP contribution < -0.4 is 20.7 Å². The standard InChI is InChI=1S/C54H36N2OSi/c1-4-20-38(21-5-1)58(39-22-6-2-7-23-39,40-24-8-3-9-25-40)41-26-18-19-37(35-41)55-48-33-16-12-29-44(48)52-49(36-51-53(54(52)55)45-30-13-17-34-50(45)57-51)56-46-31-14-10-27-42(46)43-28-11-15-32-47(43)56/h1-36H/i12D,16D,29D,33D. The van der Waals surface area contributed by atoms with E-state index < -0.39 is 8.07 Å². The fourth-order valence-corrected chi connectivity index (χ4v) is 14.4. The van der Waals surface area contributed by atoms with Crippen LogP contribution in [0.15, 0.2) is 223 Å². The van der Waals surface area contributed by atoms with E-state index in [0.717, 1.165) is 65.6 Å². The van der Waals surface area contributed by atoms with Crippen molar-refractivity contribution in [3.8, 4) is 11.4 Å². The van der Waals surface area contributed by atoms with Gasteiger partial charge < -0.3 is 13.6 Å². The minimum atomic E-state index is -3.01. The fraction of sp³-hybridized carbons (Fsp3) is 0. The van der Waals surface area contributed by atoms with E-state index in [1.807, 2.05) is 30.3 Å². The number of nitrogens with zero attached hydrogens (tertiary/aromatic N) is 2. The Morgan fingerprint density at radius 2 is 0.931 bits per heavy atom. The summed E-state index contributed by atoms with van der Waals surface area (Å²) in [6, 6.07) is 67.1. The molecule has 0 spiro atoms. The molecule has 0 bridgehead atoms. The van der Waals surface area contributed by atoms with Crippen LogP contribution in [0.5, 0.6) is 0 Å². The highest BCUT2D eigenvalue weighted by Gasteiger charge is 2.41. The number of hydrogen-bond donors (Lipinski definition) is 0. The van der Waals surface area contributed by atoms with Crippen molar-refractivity contribution in [2.45, 2.75) is 0 Å². The normalized spacial score (nSPS) is 13.1. The molecule has 0 unspecified atom stereocenters. The molecule has 0 atom stereocenters. The largest absolute Gasteiger partial charge is 0.456 e. The summed E-state index contributed by atoms with van der Waals surface area (Å²) in [6.07, 6.45) is 0. The van der Waals surface area contributed by atoms with Gasteiger partial charge in [0.05, 0.1) is 38.6 Å². The number of aromatic nitrogens is 2. The van der Waals surface area contributed by atoms with E-state index in [4.69, 9.17) is 7.16 Å². The summed E-state index contributed by atoms with van der Waals surface area (Å²) in [5.41, 5.74) is 6.08. The molecule has 0 fully saturated rings. The first-order chi connectivity index (χ1) is 30.5. The Morgan fingerprint density at radius 3 is 1.57 bits per heavy atom. The minimum Gasteiger partial charge on any atom is -0.456 e. The summed E-state index contributed by atoms with van der Waals surface area (Å²) in [5.74, 6) is 0. The van der Waals surface area contributed by atoms with Gasteiger partial charge in [0.2, 0.25) is 0 Å². The van der Waals surface area contributed by atoms with Crippen molar-refractivity contribution in [3.63, 3.8) is 0 Å². The third-order valence-electron chi connectivity index (χ3n) is 12.0. The summed E-state index contributed by atoms with van der Waals surface area (Å²) in [4.78, 5) is 0. The Morgan fingerprint density at radius 1 is 0.397 bits per heavy atom. The molecular formula is C54H36N2OSi. The van der Waals surface area contributed by atoms with Gasteiger partial charge in [0.15, 0.2) is 8.07 Å². The zero-order valence-corrected chi connectivity index (χ0v) is 32.3. The molecule has 0 aliphatic heterocycles. The average Bonchev–Trinajstić information content (AvgIpc) is 4.00. The molecule has 272 valence electrons. The van der Waals surface area contributed by atoms with Gasteiger partial charge in [-0.1, -0.05) is 176 Å². The molecule has 0 aliphatic rings. The van der Waals surface area contributed by atoms with Crippen LogP contribution in [0.3, 0.4) is 0 Å². The van der Waals surface area contributed by atoms with E-state index in [2.05, 4.69) is 173 Å². The number of furan rings is 1. The maximum Gasteiger partial charge on any atom is 0.179 e. The molecule has 0 radical (unpaired) electrons. The molecule has 3 heterocycles. The third kappa shape index (κ3) is 4.61. The molecule has 3 aromatic heterocycles. The topological polar surface area (TPSA) is 23.0 Å². The molecule has 4 heteroatoms. The van der Waals surface area contributed by atoms with Gasteiger partial charge in [-0.05, 0) is 57.1 Å². The fourth-order valence-electron chi connectivity index (χ4n) is 9.65. The summed E-state index contributed by atoms with van der Waals surface area (Å²) < 4.78 is 48.8. The highest BCUT2D eigenvalue weighted by Crippen LogP contribution is 2.45. The van der Waals surface area contributed by atoms with Crippen LogP contribution in [0, 0.1) is 0 Å². The lowest BCUT2D eigenvalue weighted by Crippen LogP contribution is -2.74. The van der Waals surface area contributed by atoms with Crippen molar-refractivity contribution in [2.75, 3.05) is 0 Å². The highest BCUT2D eigenvalue weighted by molar-refractivity contribution is 7.19. The first kappa shape index (κ1) is 28.9. The maximum atomic E-state index is 9.74. The van der Waals surface area contributed by atoms with E-state index in [0.29, 0.717) is 16.5 Å². The van der Waals surface area contributed by atoms with Crippen LogP contribution in [-0.4, -0.2) is 17.2 Å². The van der Waals surface area contributed by atoms with Gasteiger partial charge in [0.25, 0.3) is 0 Å². The third-order valence-corrected chi connectivity index (χ3v) is 16.7. The molecule has 9 aromatic carbocycles. The van der Waals surface area contributed by atoms with E-state index in [-0.39, 0.29) is 24.2 Å². The number of hydrogen-bond acceptors (Lipinski definition) is 1. The molecule has 0 aliphatic carbocycles. The molecule has 0 N–H and O–H groups in total. The van der Waals surface area contributed by atoms with Crippen molar-refractivity contribution < 1.29 is 9.90 Å². The monoisotopic (exact) mass is 760 g/mol. The summed E-state index contributed by atoms with van der Waals surface area (Å²) in [5, 5.41) is 9.93. The second-order valence-electron chi connectivity index (χ2n) is 14.9. The van der Waals surface area contributed by atoms with Crippen LogP contribution in [0.1, 0.15) is 5.48 Å². The lowest BCUT2D eigenvalue weighted by Gasteiger charge is -2.34. The molecule has 0 saturated carbocycles. The van der Waals surface area contributed by atoms with Crippen LogP contribution in [-0.2, 0) is 0 Å². The minimum absolute atomic E-state index is 0.0864. The number of benzene rings is 9. The van der Waals surface area contributed by atoms with E-state index in [1.54, 1.807) is 0 Å². The Balaban J connectivity index is 1.30.